The lowest BCUT2D eigenvalue weighted by molar-refractivity contribution is -0.135. The summed E-state index contributed by atoms with van der Waals surface area (Å²) in [6.45, 7) is 6.84. The fourth-order valence-corrected chi connectivity index (χ4v) is 5.46. The molecule has 0 spiro atoms. The van der Waals surface area contributed by atoms with Gasteiger partial charge in [0.15, 0.2) is 0 Å². The molecule has 8 heteroatoms. The summed E-state index contributed by atoms with van der Waals surface area (Å²) in [6.07, 6.45) is 3.58. The van der Waals surface area contributed by atoms with Crippen LogP contribution in [0.1, 0.15) is 48.2 Å². The molecule has 3 heterocycles. The van der Waals surface area contributed by atoms with Gasteiger partial charge in [0, 0.05) is 31.1 Å². The minimum atomic E-state index is -0.202. The number of ether oxygens (including phenoxy) is 2. The molecule has 2 atom stereocenters. The molecule has 34 heavy (non-hydrogen) atoms. The molecule has 1 saturated heterocycles. The van der Waals surface area contributed by atoms with Crippen LogP contribution in [-0.2, 0) is 16.0 Å². The van der Waals surface area contributed by atoms with Gasteiger partial charge in [-0.3, -0.25) is 4.79 Å². The van der Waals surface area contributed by atoms with E-state index in [4.69, 9.17) is 9.47 Å². The minimum Gasteiger partial charge on any atom is -0.491 e. The van der Waals surface area contributed by atoms with Crippen molar-refractivity contribution < 1.29 is 19.1 Å². The Morgan fingerprint density at radius 2 is 2.09 bits per heavy atom. The summed E-state index contributed by atoms with van der Waals surface area (Å²) in [4.78, 5) is 31.2. The molecule has 0 radical (unpaired) electrons. The van der Waals surface area contributed by atoms with Crippen LogP contribution in [0.25, 0.3) is 0 Å². The number of amides is 3. The molecule has 3 amide bonds. The Morgan fingerprint density at radius 3 is 2.82 bits per heavy atom. The maximum absolute atomic E-state index is 13.6. The van der Waals surface area contributed by atoms with Crippen molar-refractivity contribution in [1.29, 1.82) is 0 Å². The van der Waals surface area contributed by atoms with E-state index in [-0.39, 0.29) is 30.6 Å². The van der Waals surface area contributed by atoms with Crippen molar-refractivity contribution in [3.63, 3.8) is 0 Å². The molecule has 1 aromatic heterocycles. The molecule has 4 rings (SSSR count). The van der Waals surface area contributed by atoms with Crippen molar-refractivity contribution in [2.24, 2.45) is 0 Å². The van der Waals surface area contributed by atoms with Gasteiger partial charge in [-0.05, 0) is 61.7 Å². The molecule has 2 aliphatic rings. The highest BCUT2D eigenvalue weighted by molar-refractivity contribution is 7.10. The Labute approximate surface area is 206 Å². The Bertz CT molecular complexity index is 955. The van der Waals surface area contributed by atoms with Crippen LogP contribution < -0.4 is 10.1 Å². The molecule has 1 aromatic carbocycles. The zero-order valence-corrected chi connectivity index (χ0v) is 20.9. The van der Waals surface area contributed by atoms with Crippen molar-refractivity contribution >= 4 is 23.3 Å². The van der Waals surface area contributed by atoms with Gasteiger partial charge in [0.25, 0.3) is 0 Å². The number of aryl methyl sites for hydroxylation is 1. The summed E-state index contributed by atoms with van der Waals surface area (Å²) < 4.78 is 11.9. The van der Waals surface area contributed by atoms with Gasteiger partial charge < -0.3 is 24.6 Å². The first kappa shape index (κ1) is 24.5. The van der Waals surface area contributed by atoms with Gasteiger partial charge in [0.1, 0.15) is 18.9 Å². The molecular formula is C26H35N3O4S. The highest BCUT2D eigenvalue weighted by Gasteiger charge is 2.34. The molecule has 7 nitrogen and oxygen atoms in total. The number of hydrogen-bond donors (Lipinski definition) is 1. The summed E-state index contributed by atoms with van der Waals surface area (Å²) in [5.41, 5.74) is 2.33. The van der Waals surface area contributed by atoms with E-state index in [0.29, 0.717) is 32.8 Å². The van der Waals surface area contributed by atoms with Crippen LogP contribution in [0.15, 0.2) is 35.7 Å². The predicted octanol–water partition coefficient (Wildman–Crippen LogP) is 4.16. The van der Waals surface area contributed by atoms with Crippen LogP contribution in [0.4, 0.5) is 4.79 Å². The Kier molecular flexibility index (Phi) is 8.45. The smallest absolute Gasteiger partial charge is 0.317 e. The van der Waals surface area contributed by atoms with E-state index < -0.39 is 0 Å². The normalized spacial score (nSPS) is 19.5. The zero-order chi connectivity index (χ0) is 23.9. The molecule has 1 fully saturated rings. The van der Waals surface area contributed by atoms with Gasteiger partial charge in [-0.2, -0.15) is 0 Å². The fraction of sp³-hybridized carbons (Fsp3) is 0.538. The molecule has 1 N–H and O–H groups in total. The molecule has 0 aliphatic carbocycles. The fourth-order valence-electron chi connectivity index (χ4n) is 4.54. The van der Waals surface area contributed by atoms with Crippen molar-refractivity contribution in [3.05, 3.63) is 51.7 Å². The van der Waals surface area contributed by atoms with Crippen LogP contribution in [0.3, 0.4) is 0 Å². The number of nitrogens with one attached hydrogen (secondary N) is 1. The van der Waals surface area contributed by atoms with Crippen molar-refractivity contribution in [1.82, 2.24) is 15.1 Å². The maximum Gasteiger partial charge on any atom is 0.317 e. The third-order valence-electron chi connectivity index (χ3n) is 6.43. The van der Waals surface area contributed by atoms with Crippen LogP contribution >= 0.6 is 11.3 Å². The zero-order valence-electron chi connectivity index (χ0n) is 20.1. The summed E-state index contributed by atoms with van der Waals surface area (Å²) in [5.74, 6) is 0.735. The van der Waals surface area contributed by atoms with E-state index in [2.05, 4.69) is 16.8 Å². The van der Waals surface area contributed by atoms with Crippen molar-refractivity contribution in [3.8, 4) is 5.75 Å². The highest BCUT2D eigenvalue weighted by atomic mass is 32.1. The third-order valence-corrected chi connectivity index (χ3v) is 7.43. The number of nitrogens with zero attached hydrogens (tertiary/aromatic N) is 2. The van der Waals surface area contributed by atoms with Crippen molar-refractivity contribution in [2.45, 2.75) is 51.7 Å². The molecule has 0 bridgehead atoms. The van der Waals surface area contributed by atoms with Crippen molar-refractivity contribution in [2.75, 3.05) is 39.4 Å². The maximum atomic E-state index is 13.6. The number of hydrogen-bond acceptors (Lipinski definition) is 5. The van der Waals surface area contributed by atoms with Gasteiger partial charge in [0.2, 0.25) is 5.91 Å². The minimum absolute atomic E-state index is 0.00863. The second-order valence-electron chi connectivity index (χ2n) is 9.02. The average Bonchev–Trinajstić information content (AvgIpc) is 3.53. The van der Waals surface area contributed by atoms with Crippen LogP contribution in [0, 0.1) is 6.92 Å². The molecule has 184 valence electrons. The lowest BCUT2D eigenvalue weighted by atomic mass is 10.0. The summed E-state index contributed by atoms with van der Waals surface area (Å²) in [6, 6.07) is 9.68. The first-order chi connectivity index (χ1) is 16.5. The third kappa shape index (κ3) is 6.10. The van der Waals surface area contributed by atoms with Gasteiger partial charge >= 0.3 is 6.03 Å². The van der Waals surface area contributed by atoms with Gasteiger partial charge in [-0.1, -0.05) is 24.6 Å². The first-order valence-corrected chi connectivity index (χ1v) is 13.1. The quantitative estimate of drug-likeness (QED) is 0.579. The Morgan fingerprint density at radius 1 is 1.26 bits per heavy atom. The summed E-state index contributed by atoms with van der Waals surface area (Å²) in [5, 5.41) is 5.01. The van der Waals surface area contributed by atoms with E-state index in [9.17, 15) is 9.59 Å². The topological polar surface area (TPSA) is 71.1 Å². The van der Waals surface area contributed by atoms with E-state index in [1.165, 1.54) is 10.4 Å². The molecule has 2 aliphatic heterocycles. The van der Waals surface area contributed by atoms with E-state index >= 15 is 0 Å². The standard InChI is InChI=1S/C26H35N3O4S/c1-3-12-27-26(31)28(16-21-5-4-14-32-21)17-25(30)29-13-10-24-22(11-15-34-24)23(29)18-33-20-8-6-19(2)7-9-20/h6-9,11,15,21,23H,3-5,10,12-14,16-18H2,1-2H3,(H,27,31)/t21-,23-/m0/s1. The van der Waals surface area contributed by atoms with Gasteiger partial charge in [0.05, 0.1) is 12.1 Å². The molecular weight excluding hydrogens is 450 g/mol. The van der Waals surface area contributed by atoms with E-state index in [1.54, 1.807) is 16.2 Å². The predicted molar refractivity (Wildman–Crippen MR) is 133 cm³/mol. The summed E-state index contributed by atoms with van der Waals surface area (Å²) >= 11 is 1.73. The average molecular weight is 486 g/mol. The van der Waals surface area contributed by atoms with Gasteiger partial charge in [-0.25, -0.2) is 4.79 Å². The SMILES string of the molecule is CCCNC(=O)N(CC(=O)N1CCc2sccc2[C@@H]1COc1ccc(C)cc1)C[C@@H]1CCCO1. The van der Waals surface area contributed by atoms with Gasteiger partial charge in [-0.15, -0.1) is 11.3 Å². The number of urea groups is 1. The lowest BCUT2D eigenvalue weighted by Gasteiger charge is -2.37. The highest BCUT2D eigenvalue weighted by Crippen LogP contribution is 2.34. The summed E-state index contributed by atoms with van der Waals surface area (Å²) in [7, 11) is 0. The van der Waals surface area contributed by atoms with E-state index in [0.717, 1.165) is 37.0 Å². The second kappa shape index (κ2) is 11.7. The number of carbonyl (C=O) groups is 2. The van der Waals surface area contributed by atoms with Crippen LogP contribution in [-0.4, -0.2) is 67.2 Å². The van der Waals surface area contributed by atoms with Crippen LogP contribution in [0.5, 0.6) is 5.75 Å². The number of fused-ring (bicyclic) bond motifs is 1. The number of carbonyl (C=O) groups excluding carboxylic acids is 2. The Balaban J connectivity index is 1.47. The number of benzene rings is 1. The Hall–Kier alpha value is -2.58. The van der Waals surface area contributed by atoms with Crippen LogP contribution in [0.2, 0.25) is 0 Å². The largest absolute Gasteiger partial charge is 0.491 e. The second-order valence-corrected chi connectivity index (χ2v) is 10.0. The number of rotatable bonds is 9. The molecule has 2 aromatic rings. The monoisotopic (exact) mass is 485 g/mol. The lowest BCUT2D eigenvalue weighted by Crippen LogP contribution is -2.51. The number of thiophene rings is 1. The molecule has 0 unspecified atom stereocenters. The molecule has 0 saturated carbocycles. The first-order valence-electron chi connectivity index (χ1n) is 12.2. The van der Waals surface area contributed by atoms with E-state index in [1.807, 2.05) is 43.0 Å².